The van der Waals surface area contributed by atoms with E-state index in [1.807, 2.05) is 0 Å². The molecule has 0 saturated heterocycles. The van der Waals surface area contributed by atoms with Crippen molar-refractivity contribution in [1.82, 2.24) is 0 Å². The molecule has 0 radical (unpaired) electrons. The molecule has 26 heavy (non-hydrogen) atoms. The molecular weight excluding hydrogens is 312 g/mol. The monoisotopic (exact) mass is 338 g/mol. The van der Waals surface area contributed by atoms with Crippen molar-refractivity contribution >= 4 is 5.57 Å². The van der Waals surface area contributed by atoms with Crippen molar-refractivity contribution in [3.05, 3.63) is 113 Å². The second-order valence-corrected chi connectivity index (χ2v) is 7.47. The predicted octanol–water partition coefficient (Wildman–Crippen LogP) is 6.39. The summed E-state index contributed by atoms with van der Waals surface area (Å²) in [6.07, 6.45) is 4.33. The molecule has 0 fully saturated rings. The molecule has 0 amide bonds. The molecule has 0 aromatic heterocycles. The van der Waals surface area contributed by atoms with Gasteiger partial charge in [-0.3, -0.25) is 0 Å². The zero-order valence-corrected chi connectivity index (χ0v) is 15.5. The van der Waals surface area contributed by atoms with E-state index in [4.69, 9.17) is 0 Å². The Bertz CT molecular complexity index is 901. The summed E-state index contributed by atoms with van der Waals surface area (Å²) in [5.74, 6) is 0.330. The van der Waals surface area contributed by atoms with E-state index in [2.05, 4.69) is 86.3 Å². The molecule has 0 aliphatic heterocycles. The van der Waals surface area contributed by atoms with Gasteiger partial charge >= 0.3 is 0 Å². The van der Waals surface area contributed by atoms with Crippen LogP contribution in [0.2, 0.25) is 0 Å². The lowest BCUT2D eigenvalue weighted by atomic mass is 9.84. The summed E-state index contributed by atoms with van der Waals surface area (Å²) < 4.78 is 0. The van der Waals surface area contributed by atoms with Crippen LogP contribution in [-0.2, 0) is 25.7 Å². The summed E-state index contributed by atoms with van der Waals surface area (Å²) in [4.78, 5) is 0. The van der Waals surface area contributed by atoms with Crippen molar-refractivity contribution in [1.29, 1.82) is 0 Å². The van der Waals surface area contributed by atoms with Crippen LogP contribution >= 0.6 is 0 Å². The van der Waals surface area contributed by atoms with E-state index in [-0.39, 0.29) is 0 Å². The highest BCUT2D eigenvalue weighted by Gasteiger charge is 2.16. The summed E-state index contributed by atoms with van der Waals surface area (Å²) in [6.45, 7) is 6.79. The largest absolute Gasteiger partial charge is 0.0946 e. The maximum Gasteiger partial charge on any atom is 0.00611 e. The highest BCUT2D eigenvalue weighted by molar-refractivity contribution is 5.72. The normalized spacial score (nSPS) is 14.5. The Morgan fingerprint density at radius 3 is 2.00 bits per heavy atom. The van der Waals surface area contributed by atoms with E-state index in [1.54, 1.807) is 0 Å². The molecule has 0 N–H and O–H groups in total. The number of allylic oxidation sites excluding steroid dienone is 1. The minimum atomic E-state index is 0.330. The first-order valence-corrected chi connectivity index (χ1v) is 9.64. The van der Waals surface area contributed by atoms with Gasteiger partial charge in [0, 0.05) is 5.92 Å². The lowest BCUT2D eigenvalue weighted by molar-refractivity contribution is 0.909. The van der Waals surface area contributed by atoms with Gasteiger partial charge in [-0.25, -0.2) is 0 Å². The zero-order valence-electron chi connectivity index (χ0n) is 15.5. The molecule has 0 heteroatoms. The van der Waals surface area contributed by atoms with Gasteiger partial charge in [-0.1, -0.05) is 86.3 Å². The quantitative estimate of drug-likeness (QED) is 0.519. The topological polar surface area (TPSA) is 0 Å². The summed E-state index contributed by atoms with van der Waals surface area (Å²) >= 11 is 0. The van der Waals surface area contributed by atoms with E-state index in [0.29, 0.717) is 5.92 Å². The maximum atomic E-state index is 4.51. The van der Waals surface area contributed by atoms with E-state index >= 15 is 0 Å². The van der Waals surface area contributed by atoms with Crippen molar-refractivity contribution in [2.75, 3.05) is 0 Å². The van der Waals surface area contributed by atoms with Crippen LogP contribution in [0.25, 0.3) is 5.57 Å². The van der Waals surface area contributed by atoms with Crippen LogP contribution in [0.3, 0.4) is 0 Å². The molecule has 1 atom stereocenters. The minimum absolute atomic E-state index is 0.330. The standard InChI is InChI=1S/C26H26/c1-19(24-6-4-3-5-7-24)20(2)26-18-23-13-12-21-8-10-22(11-9-21)14-16-25(26)17-15-23/h3-11,15,17-19H,2,12-14,16H2,1H3/t19-/m1/s1. The first-order valence-electron chi connectivity index (χ1n) is 9.64. The van der Waals surface area contributed by atoms with Gasteiger partial charge in [0.1, 0.15) is 0 Å². The fourth-order valence-corrected chi connectivity index (χ4v) is 3.91. The van der Waals surface area contributed by atoms with Crippen molar-refractivity contribution in [2.24, 2.45) is 0 Å². The van der Waals surface area contributed by atoms with Crippen LogP contribution in [0.4, 0.5) is 0 Å². The molecular formula is C26H26. The molecule has 0 nitrogen and oxygen atoms in total. The Hall–Kier alpha value is -2.60. The van der Waals surface area contributed by atoms with Crippen molar-refractivity contribution in [3.8, 4) is 0 Å². The Balaban J connectivity index is 1.69. The van der Waals surface area contributed by atoms with Gasteiger partial charge in [0.15, 0.2) is 0 Å². The van der Waals surface area contributed by atoms with Crippen LogP contribution in [0, 0.1) is 0 Å². The lowest BCUT2D eigenvalue weighted by Gasteiger charge is -2.20. The van der Waals surface area contributed by atoms with Gasteiger partial charge in [0.2, 0.25) is 0 Å². The van der Waals surface area contributed by atoms with Crippen molar-refractivity contribution in [3.63, 3.8) is 0 Å². The number of hydrogen-bond donors (Lipinski definition) is 0. The van der Waals surface area contributed by atoms with Gasteiger partial charge in [-0.2, -0.15) is 0 Å². The molecule has 0 unspecified atom stereocenters. The molecule has 4 aliphatic rings. The Morgan fingerprint density at radius 1 is 0.731 bits per heavy atom. The minimum Gasteiger partial charge on any atom is -0.0946 e. The first-order chi connectivity index (χ1) is 12.7. The zero-order chi connectivity index (χ0) is 17.9. The lowest BCUT2D eigenvalue weighted by Crippen LogP contribution is -2.04. The third-order valence-corrected chi connectivity index (χ3v) is 5.75. The number of benzene rings is 3. The first kappa shape index (κ1) is 16.8. The average Bonchev–Trinajstić information content (AvgIpc) is 2.69. The summed E-state index contributed by atoms with van der Waals surface area (Å²) in [7, 11) is 0. The molecule has 3 aromatic rings. The smallest absolute Gasteiger partial charge is 0.00611 e. The highest BCUT2D eigenvalue weighted by Crippen LogP contribution is 2.33. The molecule has 4 bridgehead atoms. The third-order valence-electron chi connectivity index (χ3n) is 5.75. The SMILES string of the molecule is C=C(c1cc2ccc1CCc1ccc(cc1)CC2)[C@@H](C)c1ccccc1. The molecule has 3 aromatic carbocycles. The summed E-state index contributed by atoms with van der Waals surface area (Å²) in [6, 6.07) is 26.9. The second kappa shape index (κ2) is 7.33. The molecule has 7 rings (SSSR count). The van der Waals surface area contributed by atoms with Crippen LogP contribution in [-0.4, -0.2) is 0 Å². The Kier molecular flexibility index (Phi) is 4.75. The molecule has 0 saturated carbocycles. The molecule has 0 spiro atoms. The predicted molar refractivity (Wildman–Crippen MR) is 112 cm³/mol. The summed E-state index contributed by atoms with van der Waals surface area (Å²) in [5.41, 5.74) is 9.61. The van der Waals surface area contributed by atoms with Gasteiger partial charge in [0.25, 0.3) is 0 Å². The van der Waals surface area contributed by atoms with E-state index in [9.17, 15) is 0 Å². The van der Waals surface area contributed by atoms with Crippen molar-refractivity contribution < 1.29 is 0 Å². The van der Waals surface area contributed by atoms with E-state index in [1.165, 1.54) is 39.0 Å². The Morgan fingerprint density at radius 2 is 1.31 bits per heavy atom. The van der Waals surface area contributed by atoms with Gasteiger partial charge in [-0.05, 0) is 64.6 Å². The molecule has 4 aliphatic carbocycles. The van der Waals surface area contributed by atoms with Gasteiger partial charge < -0.3 is 0 Å². The number of hydrogen-bond acceptors (Lipinski definition) is 0. The number of rotatable bonds is 3. The second-order valence-electron chi connectivity index (χ2n) is 7.47. The Labute approximate surface area is 157 Å². The van der Waals surface area contributed by atoms with Gasteiger partial charge in [0.05, 0.1) is 0 Å². The third kappa shape index (κ3) is 3.51. The average molecular weight is 338 g/mol. The van der Waals surface area contributed by atoms with Crippen LogP contribution < -0.4 is 0 Å². The molecule has 0 heterocycles. The maximum absolute atomic E-state index is 4.51. The fourth-order valence-electron chi connectivity index (χ4n) is 3.91. The fraction of sp³-hybridized carbons (Fsp3) is 0.231. The van der Waals surface area contributed by atoms with Crippen LogP contribution in [0.5, 0.6) is 0 Å². The molecule has 130 valence electrons. The van der Waals surface area contributed by atoms with Crippen LogP contribution in [0.1, 0.15) is 46.2 Å². The summed E-state index contributed by atoms with van der Waals surface area (Å²) in [5, 5.41) is 0. The van der Waals surface area contributed by atoms with E-state index < -0.39 is 0 Å². The highest BCUT2D eigenvalue weighted by atomic mass is 14.2. The van der Waals surface area contributed by atoms with E-state index in [0.717, 1.165) is 25.7 Å². The van der Waals surface area contributed by atoms with Crippen LogP contribution in [0.15, 0.2) is 79.4 Å². The van der Waals surface area contributed by atoms with Gasteiger partial charge in [-0.15, -0.1) is 0 Å². The van der Waals surface area contributed by atoms with Crippen molar-refractivity contribution in [2.45, 2.75) is 38.5 Å². The number of aryl methyl sites for hydroxylation is 4.